The van der Waals surface area contributed by atoms with Crippen molar-refractivity contribution in [1.82, 2.24) is 4.90 Å². The third-order valence-electron chi connectivity index (χ3n) is 4.25. The van der Waals surface area contributed by atoms with Crippen molar-refractivity contribution in [2.24, 2.45) is 0 Å². The number of amides is 2. The molecule has 146 valence electrons. The summed E-state index contributed by atoms with van der Waals surface area (Å²) < 4.78 is 0. The van der Waals surface area contributed by atoms with Gasteiger partial charge in [-0.15, -0.1) is 12.4 Å². The highest BCUT2D eigenvalue weighted by Crippen LogP contribution is 2.31. The molecule has 2 aromatic rings. The van der Waals surface area contributed by atoms with Gasteiger partial charge in [0.1, 0.15) is 0 Å². The van der Waals surface area contributed by atoms with Gasteiger partial charge in [-0.3, -0.25) is 0 Å². The Hall–Kier alpha value is -1.37. The van der Waals surface area contributed by atoms with Gasteiger partial charge in [-0.1, -0.05) is 40.9 Å². The summed E-state index contributed by atoms with van der Waals surface area (Å²) in [6, 6.07) is 10.1. The summed E-state index contributed by atoms with van der Waals surface area (Å²) in [6.45, 7) is 3.73. The standard InChI is InChI=1S/C18H19Cl3N4O.ClH/c1-24-7-9-25(10-8-24)16-11-12(5-6-13(16)19)22-18(26)23-15-4-2-3-14(20)17(15)21;/h2-6,11H,7-10H2,1H3,(H2,22,23,26);1H. The molecule has 2 amide bonds. The molecule has 27 heavy (non-hydrogen) atoms. The fourth-order valence-electron chi connectivity index (χ4n) is 2.77. The maximum absolute atomic E-state index is 12.3. The summed E-state index contributed by atoms with van der Waals surface area (Å²) >= 11 is 18.4. The number of hydrogen-bond donors (Lipinski definition) is 2. The zero-order valence-electron chi connectivity index (χ0n) is 14.6. The highest BCUT2D eigenvalue weighted by Gasteiger charge is 2.17. The van der Waals surface area contributed by atoms with E-state index in [-0.39, 0.29) is 12.4 Å². The monoisotopic (exact) mass is 448 g/mol. The number of benzene rings is 2. The fraction of sp³-hybridized carbons (Fsp3) is 0.278. The third kappa shape index (κ3) is 5.56. The van der Waals surface area contributed by atoms with Gasteiger partial charge in [0.2, 0.25) is 0 Å². The van der Waals surface area contributed by atoms with Gasteiger partial charge < -0.3 is 20.4 Å². The number of carbonyl (C=O) groups excluding carboxylic acids is 1. The Bertz CT molecular complexity index is 810. The molecule has 1 fully saturated rings. The number of halogens is 4. The van der Waals surface area contributed by atoms with Crippen molar-refractivity contribution in [3.63, 3.8) is 0 Å². The van der Waals surface area contributed by atoms with Crippen LogP contribution in [0.1, 0.15) is 0 Å². The van der Waals surface area contributed by atoms with Crippen LogP contribution < -0.4 is 15.5 Å². The Kier molecular flexibility index (Phi) is 7.89. The lowest BCUT2D eigenvalue weighted by atomic mass is 10.2. The molecule has 0 aromatic heterocycles. The lowest BCUT2D eigenvalue weighted by Crippen LogP contribution is -2.44. The molecular formula is C18H20Cl4N4O. The molecular weight excluding hydrogens is 430 g/mol. The first kappa shape index (κ1) is 21.9. The zero-order chi connectivity index (χ0) is 18.7. The van der Waals surface area contributed by atoms with Crippen molar-refractivity contribution in [2.45, 2.75) is 0 Å². The van der Waals surface area contributed by atoms with Gasteiger partial charge in [0.25, 0.3) is 0 Å². The van der Waals surface area contributed by atoms with E-state index in [1.165, 1.54) is 0 Å². The summed E-state index contributed by atoms with van der Waals surface area (Å²) in [6.07, 6.45) is 0. The van der Waals surface area contributed by atoms with Crippen LogP contribution >= 0.6 is 47.2 Å². The van der Waals surface area contributed by atoms with Gasteiger partial charge in [-0.05, 0) is 37.4 Å². The van der Waals surface area contributed by atoms with E-state index in [2.05, 4.69) is 27.5 Å². The van der Waals surface area contributed by atoms with Gasteiger partial charge in [0.05, 0.1) is 26.4 Å². The number of piperazine rings is 1. The van der Waals surface area contributed by atoms with Gasteiger partial charge in [0, 0.05) is 31.9 Å². The summed E-state index contributed by atoms with van der Waals surface area (Å²) in [4.78, 5) is 16.8. The molecule has 0 bridgehead atoms. The molecule has 0 spiro atoms. The minimum absolute atomic E-state index is 0. The lowest BCUT2D eigenvalue weighted by Gasteiger charge is -2.34. The number of nitrogens with one attached hydrogen (secondary N) is 2. The smallest absolute Gasteiger partial charge is 0.323 e. The number of nitrogens with zero attached hydrogens (tertiary/aromatic N) is 2. The molecule has 2 N–H and O–H groups in total. The number of rotatable bonds is 3. The topological polar surface area (TPSA) is 47.6 Å². The normalized spacial score (nSPS) is 14.4. The maximum Gasteiger partial charge on any atom is 0.323 e. The summed E-state index contributed by atoms with van der Waals surface area (Å²) in [5, 5.41) is 6.86. The van der Waals surface area contributed by atoms with E-state index in [1.807, 2.05) is 6.07 Å². The van der Waals surface area contributed by atoms with Crippen LogP contribution in [0.2, 0.25) is 15.1 Å². The summed E-state index contributed by atoms with van der Waals surface area (Å²) in [5.41, 5.74) is 2.02. The molecule has 1 aliphatic heterocycles. The lowest BCUT2D eigenvalue weighted by molar-refractivity contribution is 0.262. The molecule has 3 rings (SSSR count). The number of carbonyl (C=O) groups is 1. The van der Waals surface area contributed by atoms with Crippen LogP contribution in [0.4, 0.5) is 21.9 Å². The molecule has 9 heteroatoms. The Labute approximate surface area is 180 Å². The van der Waals surface area contributed by atoms with Crippen LogP contribution in [-0.4, -0.2) is 44.2 Å². The second kappa shape index (κ2) is 9.71. The van der Waals surface area contributed by atoms with E-state index >= 15 is 0 Å². The van der Waals surface area contributed by atoms with Crippen molar-refractivity contribution in [1.29, 1.82) is 0 Å². The minimum Gasteiger partial charge on any atom is -0.368 e. The first-order valence-corrected chi connectivity index (χ1v) is 9.32. The molecule has 0 radical (unpaired) electrons. The zero-order valence-corrected chi connectivity index (χ0v) is 17.7. The average molecular weight is 450 g/mol. The molecule has 1 saturated heterocycles. The molecule has 0 saturated carbocycles. The van der Waals surface area contributed by atoms with E-state index < -0.39 is 6.03 Å². The third-order valence-corrected chi connectivity index (χ3v) is 5.39. The predicted molar refractivity (Wildman–Crippen MR) is 118 cm³/mol. The van der Waals surface area contributed by atoms with Gasteiger partial charge in [-0.25, -0.2) is 4.79 Å². The van der Waals surface area contributed by atoms with Crippen molar-refractivity contribution in [3.8, 4) is 0 Å². The summed E-state index contributed by atoms with van der Waals surface area (Å²) in [5.74, 6) is 0. The summed E-state index contributed by atoms with van der Waals surface area (Å²) in [7, 11) is 2.10. The SMILES string of the molecule is CN1CCN(c2cc(NC(=O)Nc3cccc(Cl)c3Cl)ccc2Cl)CC1.Cl. The van der Waals surface area contributed by atoms with E-state index in [4.69, 9.17) is 34.8 Å². The van der Waals surface area contributed by atoms with Crippen molar-refractivity contribution < 1.29 is 4.79 Å². The number of urea groups is 1. The Morgan fingerprint density at radius 1 is 0.963 bits per heavy atom. The van der Waals surface area contributed by atoms with E-state index in [0.717, 1.165) is 31.9 Å². The number of likely N-dealkylation sites (N-methyl/N-ethyl adjacent to an activating group) is 1. The van der Waals surface area contributed by atoms with Crippen LogP contribution in [-0.2, 0) is 0 Å². The second-order valence-electron chi connectivity index (χ2n) is 6.14. The van der Waals surface area contributed by atoms with E-state index in [0.29, 0.717) is 26.4 Å². The Morgan fingerprint density at radius 3 is 2.37 bits per heavy atom. The average Bonchev–Trinajstić information content (AvgIpc) is 2.61. The highest BCUT2D eigenvalue weighted by molar-refractivity contribution is 6.44. The fourth-order valence-corrected chi connectivity index (χ4v) is 3.35. The first-order valence-electron chi connectivity index (χ1n) is 8.19. The van der Waals surface area contributed by atoms with Crippen LogP contribution in [0.15, 0.2) is 36.4 Å². The van der Waals surface area contributed by atoms with Crippen LogP contribution in [0.3, 0.4) is 0 Å². The van der Waals surface area contributed by atoms with E-state index in [1.54, 1.807) is 30.3 Å². The molecule has 1 heterocycles. The molecule has 0 aliphatic carbocycles. The second-order valence-corrected chi connectivity index (χ2v) is 7.33. The molecule has 1 aliphatic rings. The van der Waals surface area contributed by atoms with Crippen LogP contribution in [0, 0.1) is 0 Å². The van der Waals surface area contributed by atoms with Crippen LogP contribution in [0.25, 0.3) is 0 Å². The first-order chi connectivity index (χ1) is 12.4. The van der Waals surface area contributed by atoms with Crippen molar-refractivity contribution in [3.05, 3.63) is 51.5 Å². The van der Waals surface area contributed by atoms with Gasteiger partial charge in [0.15, 0.2) is 0 Å². The van der Waals surface area contributed by atoms with Crippen LogP contribution in [0.5, 0.6) is 0 Å². The maximum atomic E-state index is 12.3. The Morgan fingerprint density at radius 2 is 1.67 bits per heavy atom. The largest absolute Gasteiger partial charge is 0.368 e. The molecule has 2 aromatic carbocycles. The Balaban J connectivity index is 0.00000261. The van der Waals surface area contributed by atoms with E-state index in [9.17, 15) is 4.79 Å². The van der Waals surface area contributed by atoms with Crippen molar-refractivity contribution in [2.75, 3.05) is 48.8 Å². The highest BCUT2D eigenvalue weighted by atomic mass is 35.5. The van der Waals surface area contributed by atoms with Crippen molar-refractivity contribution >= 4 is 70.3 Å². The number of anilines is 3. The molecule has 5 nitrogen and oxygen atoms in total. The predicted octanol–water partition coefficient (Wildman–Crippen LogP) is 5.46. The quantitative estimate of drug-likeness (QED) is 0.653. The van der Waals surface area contributed by atoms with Gasteiger partial charge in [-0.2, -0.15) is 0 Å². The minimum atomic E-state index is -0.402. The van der Waals surface area contributed by atoms with Gasteiger partial charge >= 0.3 is 6.03 Å². The molecule has 0 unspecified atom stereocenters. The number of hydrogen-bond acceptors (Lipinski definition) is 3. The molecule has 0 atom stereocenters.